The van der Waals surface area contributed by atoms with Gasteiger partial charge in [-0.05, 0) is 51.2 Å². The minimum Gasteiger partial charge on any atom is -0.489 e. The van der Waals surface area contributed by atoms with E-state index in [4.69, 9.17) is 9.47 Å². The first kappa shape index (κ1) is 16.6. The van der Waals surface area contributed by atoms with Gasteiger partial charge in [-0.3, -0.25) is 0 Å². The topological polar surface area (TPSA) is 59.6 Å². The summed E-state index contributed by atoms with van der Waals surface area (Å²) >= 11 is 0. The van der Waals surface area contributed by atoms with Gasteiger partial charge in [0, 0.05) is 19.8 Å². The van der Waals surface area contributed by atoms with E-state index < -0.39 is 0 Å². The van der Waals surface area contributed by atoms with Gasteiger partial charge in [-0.15, -0.1) is 0 Å². The van der Waals surface area contributed by atoms with Gasteiger partial charge in [-0.2, -0.15) is 0 Å². The summed E-state index contributed by atoms with van der Waals surface area (Å²) < 4.78 is 11.1. The Hall–Kier alpha value is -1.75. The molecule has 0 aliphatic carbocycles. The van der Waals surface area contributed by atoms with Gasteiger partial charge in [0.2, 0.25) is 0 Å². The molecule has 5 heteroatoms. The molecule has 1 aromatic carbocycles. The maximum Gasteiger partial charge on any atom is 0.319 e. The molecule has 2 N–H and O–H groups in total. The van der Waals surface area contributed by atoms with Crippen molar-refractivity contribution >= 4 is 11.7 Å². The summed E-state index contributed by atoms with van der Waals surface area (Å²) in [7, 11) is 0. The van der Waals surface area contributed by atoms with Crippen LogP contribution in [0.25, 0.3) is 0 Å². The molecule has 0 spiro atoms. The maximum absolute atomic E-state index is 12.0. The van der Waals surface area contributed by atoms with Crippen LogP contribution >= 0.6 is 0 Å². The van der Waals surface area contributed by atoms with E-state index in [1.807, 2.05) is 38.1 Å². The Morgan fingerprint density at radius 2 is 2.23 bits per heavy atom. The second-order valence-corrected chi connectivity index (χ2v) is 5.92. The smallest absolute Gasteiger partial charge is 0.319 e. The van der Waals surface area contributed by atoms with Crippen LogP contribution in [0.2, 0.25) is 0 Å². The van der Waals surface area contributed by atoms with Crippen LogP contribution in [0.15, 0.2) is 24.3 Å². The zero-order valence-corrected chi connectivity index (χ0v) is 13.4. The normalized spacial score (nSPS) is 18.0. The van der Waals surface area contributed by atoms with Gasteiger partial charge in [0.15, 0.2) is 0 Å². The number of para-hydroxylation sites is 2. The molecule has 122 valence electrons. The van der Waals surface area contributed by atoms with Crippen LogP contribution in [-0.2, 0) is 4.74 Å². The van der Waals surface area contributed by atoms with Gasteiger partial charge in [0.25, 0.3) is 0 Å². The second kappa shape index (κ2) is 8.63. The molecule has 0 aromatic heterocycles. The van der Waals surface area contributed by atoms with Gasteiger partial charge in [0.1, 0.15) is 5.75 Å². The lowest BCUT2D eigenvalue weighted by atomic mass is 9.99. The molecule has 22 heavy (non-hydrogen) atoms. The molecule has 1 fully saturated rings. The number of amides is 2. The summed E-state index contributed by atoms with van der Waals surface area (Å²) in [6, 6.07) is 7.27. The lowest BCUT2D eigenvalue weighted by Gasteiger charge is -2.22. The summed E-state index contributed by atoms with van der Waals surface area (Å²) in [5.74, 6) is 1.25. The Balaban J connectivity index is 1.76. The van der Waals surface area contributed by atoms with Gasteiger partial charge >= 0.3 is 6.03 Å². The largest absolute Gasteiger partial charge is 0.489 e. The Morgan fingerprint density at radius 3 is 2.95 bits per heavy atom. The fraction of sp³-hybridized carbons (Fsp3) is 0.588. The first-order valence-corrected chi connectivity index (χ1v) is 8.03. The lowest BCUT2D eigenvalue weighted by molar-refractivity contribution is 0.0520. The molecule has 0 saturated carbocycles. The number of hydrogen-bond acceptors (Lipinski definition) is 3. The minimum atomic E-state index is -0.198. The van der Waals surface area contributed by atoms with E-state index in [1.165, 1.54) is 6.42 Å². The molecule has 1 saturated heterocycles. The van der Waals surface area contributed by atoms with Crippen LogP contribution in [0, 0.1) is 5.92 Å². The zero-order valence-electron chi connectivity index (χ0n) is 13.4. The lowest BCUT2D eigenvalue weighted by Crippen LogP contribution is -2.32. The van der Waals surface area contributed by atoms with Crippen molar-refractivity contribution in [1.82, 2.24) is 5.32 Å². The molecule has 1 aromatic rings. The van der Waals surface area contributed by atoms with Crippen LogP contribution in [0.1, 0.15) is 33.1 Å². The van der Waals surface area contributed by atoms with Gasteiger partial charge in [-0.1, -0.05) is 12.1 Å². The molecule has 1 atom stereocenters. The van der Waals surface area contributed by atoms with E-state index in [1.54, 1.807) is 0 Å². The van der Waals surface area contributed by atoms with Crippen LogP contribution in [-0.4, -0.2) is 31.9 Å². The predicted octanol–water partition coefficient (Wildman–Crippen LogP) is 3.41. The Bertz CT molecular complexity index is 471. The van der Waals surface area contributed by atoms with Crippen LogP contribution < -0.4 is 15.4 Å². The fourth-order valence-electron chi connectivity index (χ4n) is 2.52. The van der Waals surface area contributed by atoms with Gasteiger partial charge < -0.3 is 20.1 Å². The Labute approximate surface area is 132 Å². The third-order valence-electron chi connectivity index (χ3n) is 3.59. The van der Waals surface area contributed by atoms with E-state index in [9.17, 15) is 4.79 Å². The van der Waals surface area contributed by atoms with Crippen LogP contribution in [0.4, 0.5) is 10.5 Å². The number of rotatable bonds is 6. The highest BCUT2D eigenvalue weighted by atomic mass is 16.5. The molecule has 5 nitrogen and oxygen atoms in total. The Kier molecular flexibility index (Phi) is 6.52. The molecule has 1 aliphatic heterocycles. The number of carbonyl (C=O) groups is 1. The van der Waals surface area contributed by atoms with E-state index in [0.717, 1.165) is 26.1 Å². The number of anilines is 1. The summed E-state index contributed by atoms with van der Waals surface area (Å²) in [5, 5.41) is 5.75. The van der Waals surface area contributed by atoms with E-state index in [0.29, 0.717) is 23.9 Å². The molecule has 1 aliphatic rings. The quantitative estimate of drug-likeness (QED) is 0.846. The molecular weight excluding hydrogens is 280 g/mol. The first-order chi connectivity index (χ1) is 10.6. The van der Waals surface area contributed by atoms with Crippen molar-refractivity contribution < 1.29 is 14.3 Å². The third kappa shape index (κ3) is 5.56. The Morgan fingerprint density at radius 1 is 1.41 bits per heavy atom. The monoisotopic (exact) mass is 306 g/mol. The third-order valence-corrected chi connectivity index (χ3v) is 3.59. The number of urea groups is 1. The number of ether oxygens (including phenoxy) is 2. The van der Waals surface area contributed by atoms with E-state index >= 15 is 0 Å². The van der Waals surface area contributed by atoms with Gasteiger partial charge in [-0.25, -0.2) is 4.79 Å². The average molecular weight is 306 g/mol. The standard InChI is InChI=1S/C17H26N2O3/c1-13(2)22-16-8-4-3-7-15(16)19-17(20)18-10-9-14-6-5-11-21-12-14/h3-4,7-8,13-14H,5-6,9-12H2,1-2H3,(H2,18,19,20). The summed E-state index contributed by atoms with van der Waals surface area (Å²) in [5.41, 5.74) is 0.690. The number of benzene rings is 1. The van der Waals surface area contributed by atoms with Crippen molar-refractivity contribution in [2.45, 2.75) is 39.2 Å². The second-order valence-electron chi connectivity index (χ2n) is 5.92. The maximum atomic E-state index is 12.0. The summed E-state index contributed by atoms with van der Waals surface area (Å²) in [4.78, 5) is 12.0. The predicted molar refractivity (Wildman–Crippen MR) is 87.4 cm³/mol. The molecule has 1 unspecified atom stereocenters. The number of nitrogens with one attached hydrogen (secondary N) is 2. The van der Waals surface area contributed by atoms with Crippen LogP contribution in [0.3, 0.4) is 0 Å². The number of carbonyl (C=O) groups excluding carboxylic acids is 1. The highest BCUT2D eigenvalue weighted by Gasteiger charge is 2.14. The van der Waals surface area contributed by atoms with Crippen molar-refractivity contribution in [3.8, 4) is 5.75 Å². The van der Waals surface area contributed by atoms with Crippen molar-refractivity contribution in [3.63, 3.8) is 0 Å². The van der Waals surface area contributed by atoms with Gasteiger partial charge in [0.05, 0.1) is 11.8 Å². The zero-order chi connectivity index (χ0) is 15.8. The molecule has 0 radical (unpaired) electrons. The molecule has 2 rings (SSSR count). The fourth-order valence-corrected chi connectivity index (χ4v) is 2.52. The van der Waals surface area contributed by atoms with Crippen molar-refractivity contribution in [2.75, 3.05) is 25.1 Å². The van der Waals surface area contributed by atoms with Crippen molar-refractivity contribution in [2.24, 2.45) is 5.92 Å². The molecule has 2 amide bonds. The minimum absolute atomic E-state index is 0.0670. The number of hydrogen-bond donors (Lipinski definition) is 2. The first-order valence-electron chi connectivity index (χ1n) is 8.03. The molecule has 0 bridgehead atoms. The van der Waals surface area contributed by atoms with E-state index in [-0.39, 0.29) is 12.1 Å². The van der Waals surface area contributed by atoms with E-state index in [2.05, 4.69) is 10.6 Å². The SMILES string of the molecule is CC(C)Oc1ccccc1NC(=O)NCCC1CCCOC1. The highest BCUT2D eigenvalue weighted by Crippen LogP contribution is 2.24. The van der Waals surface area contributed by atoms with Crippen molar-refractivity contribution in [3.05, 3.63) is 24.3 Å². The molecular formula is C17H26N2O3. The van der Waals surface area contributed by atoms with Crippen LogP contribution in [0.5, 0.6) is 5.75 Å². The highest BCUT2D eigenvalue weighted by molar-refractivity contribution is 5.90. The average Bonchev–Trinajstić information content (AvgIpc) is 2.50. The summed E-state index contributed by atoms with van der Waals surface area (Å²) in [6.45, 7) is 6.27. The molecule has 1 heterocycles. The van der Waals surface area contributed by atoms with Crippen molar-refractivity contribution in [1.29, 1.82) is 0 Å². The summed E-state index contributed by atoms with van der Waals surface area (Å²) in [6.07, 6.45) is 3.33.